The lowest BCUT2D eigenvalue weighted by Crippen LogP contribution is -2.24. The molecule has 0 aliphatic heterocycles. The predicted octanol–water partition coefficient (Wildman–Crippen LogP) is 2.17. The smallest absolute Gasteiger partial charge is 0.147 e. The standard InChI is InChI=1S/C12H17ClFNO2S/c1-18(16,17)7-3-5-10(15)8-9-4-2-6-11(13)12(9)14/h2,4,6,10H,3,5,7-8,15H2,1H3. The van der Waals surface area contributed by atoms with E-state index in [1.54, 1.807) is 12.1 Å². The molecule has 1 atom stereocenters. The van der Waals surface area contributed by atoms with E-state index >= 15 is 0 Å². The van der Waals surface area contributed by atoms with Crippen LogP contribution in [0.25, 0.3) is 0 Å². The Bertz CT molecular complexity index is 505. The summed E-state index contributed by atoms with van der Waals surface area (Å²) in [4.78, 5) is 0. The molecule has 3 nitrogen and oxygen atoms in total. The zero-order chi connectivity index (χ0) is 13.8. The van der Waals surface area contributed by atoms with Crippen molar-refractivity contribution in [2.24, 2.45) is 5.73 Å². The predicted molar refractivity (Wildman–Crippen MR) is 72.0 cm³/mol. The van der Waals surface area contributed by atoms with Crippen LogP contribution in [0.2, 0.25) is 5.02 Å². The minimum absolute atomic E-state index is 0.0795. The molecule has 0 bridgehead atoms. The van der Waals surface area contributed by atoms with E-state index in [4.69, 9.17) is 17.3 Å². The Labute approximate surface area is 112 Å². The highest BCUT2D eigenvalue weighted by molar-refractivity contribution is 7.90. The molecular formula is C12H17ClFNO2S. The molecule has 0 aliphatic rings. The number of hydrogen-bond acceptors (Lipinski definition) is 3. The molecule has 0 aromatic heterocycles. The fourth-order valence-electron chi connectivity index (χ4n) is 1.70. The highest BCUT2D eigenvalue weighted by atomic mass is 35.5. The van der Waals surface area contributed by atoms with Gasteiger partial charge in [0.25, 0.3) is 0 Å². The zero-order valence-electron chi connectivity index (χ0n) is 10.2. The van der Waals surface area contributed by atoms with Gasteiger partial charge in [0.2, 0.25) is 0 Å². The summed E-state index contributed by atoms with van der Waals surface area (Å²) in [5, 5.41) is 0.0795. The molecule has 2 N–H and O–H groups in total. The number of hydrogen-bond donors (Lipinski definition) is 1. The second kappa shape index (κ2) is 6.50. The average molecular weight is 294 g/mol. The highest BCUT2D eigenvalue weighted by Crippen LogP contribution is 2.19. The summed E-state index contributed by atoms with van der Waals surface area (Å²) in [6.45, 7) is 0. The fraction of sp³-hybridized carbons (Fsp3) is 0.500. The second-order valence-electron chi connectivity index (χ2n) is 4.45. The van der Waals surface area contributed by atoms with Gasteiger partial charge in [0.1, 0.15) is 15.7 Å². The van der Waals surface area contributed by atoms with Gasteiger partial charge in [-0.15, -0.1) is 0 Å². The van der Waals surface area contributed by atoms with Crippen LogP contribution in [0.1, 0.15) is 18.4 Å². The topological polar surface area (TPSA) is 60.2 Å². The number of sulfone groups is 1. The van der Waals surface area contributed by atoms with Crippen molar-refractivity contribution in [1.29, 1.82) is 0 Å². The SMILES string of the molecule is CS(=O)(=O)CCCC(N)Cc1cccc(Cl)c1F. The van der Waals surface area contributed by atoms with Crippen LogP contribution in [0.15, 0.2) is 18.2 Å². The lowest BCUT2D eigenvalue weighted by Gasteiger charge is -2.12. The van der Waals surface area contributed by atoms with Crippen LogP contribution >= 0.6 is 11.6 Å². The van der Waals surface area contributed by atoms with E-state index < -0.39 is 15.7 Å². The number of halogens is 2. The molecule has 1 aromatic rings. The van der Waals surface area contributed by atoms with Crippen molar-refractivity contribution in [2.75, 3.05) is 12.0 Å². The maximum atomic E-state index is 13.6. The van der Waals surface area contributed by atoms with Crippen molar-refractivity contribution in [2.45, 2.75) is 25.3 Å². The van der Waals surface area contributed by atoms with Gasteiger partial charge in [-0.25, -0.2) is 12.8 Å². The zero-order valence-corrected chi connectivity index (χ0v) is 11.8. The first kappa shape index (κ1) is 15.4. The molecule has 102 valence electrons. The Morgan fingerprint density at radius 2 is 2.11 bits per heavy atom. The summed E-state index contributed by atoms with van der Waals surface area (Å²) < 4.78 is 35.5. The van der Waals surface area contributed by atoms with E-state index in [1.807, 2.05) is 0 Å². The van der Waals surface area contributed by atoms with Gasteiger partial charge >= 0.3 is 0 Å². The Kier molecular flexibility index (Phi) is 5.56. The van der Waals surface area contributed by atoms with Gasteiger partial charge in [-0.3, -0.25) is 0 Å². The Morgan fingerprint density at radius 3 is 2.72 bits per heavy atom. The molecule has 0 aliphatic carbocycles. The van der Waals surface area contributed by atoms with Crippen molar-refractivity contribution in [3.8, 4) is 0 Å². The Balaban J connectivity index is 2.50. The van der Waals surface area contributed by atoms with E-state index in [9.17, 15) is 12.8 Å². The van der Waals surface area contributed by atoms with E-state index in [-0.39, 0.29) is 16.8 Å². The summed E-state index contributed by atoms with van der Waals surface area (Å²) >= 11 is 5.67. The molecule has 0 radical (unpaired) electrons. The molecule has 0 spiro atoms. The van der Waals surface area contributed by atoms with E-state index in [0.29, 0.717) is 24.8 Å². The normalized spacial score (nSPS) is 13.6. The Hall–Kier alpha value is -0.650. The summed E-state index contributed by atoms with van der Waals surface area (Å²) in [6.07, 6.45) is 2.58. The van der Waals surface area contributed by atoms with Gasteiger partial charge in [-0.1, -0.05) is 23.7 Å². The van der Waals surface area contributed by atoms with Crippen molar-refractivity contribution < 1.29 is 12.8 Å². The maximum Gasteiger partial charge on any atom is 0.147 e. The molecule has 0 fully saturated rings. The first-order chi connectivity index (χ1) is 8.29. The highest BCUT2D eigenvalue weighted by Gasteiger charge is 2.11. The van der Waals surface area contributed by atoms with Crippen molar-refractivity contribution in [1.82, 2.24) is 0 Å². The second-order valence-corrected chi connectivity index (χ2v) is 7.12. The lowest BCUT2D eigenvalue weighted by atomic mass is 10.0. The molecule has 0 amide bonds. The van der Waals surface area contributed by atoms with Gasteiger partial charge in [0, 0.05) is 18.1 Å². The van der Waals surface area contributed by atoms with Gasteiger partial charge in [0.15, 0.2) is 0 Å². The third-order valence-corrected chi connectivity index (χ3v) is 3.93. The van der Waals surface area contributed by atoms with Gasteiger partial charge in [-0.05, 0) is 30.9 Å². The van der Waals surface area contributed by atoms with Gasteiger partial charge < -0.3 is 5.73 Å². The van der Waals surface area contributed by atoms with Crippen LogP contribution in [0, 0.1) is 5.82 Å². The largest absolute Gasteiger partial charge is 0.327 e. The number of rotatable bonds is 6. The fourth-order valence-corrected chi connectivity index (χ4v) is 2.58. The Morgan fingerprint density at radius 1 is 1.44 bits per heavy atom. The first-order valence-corrected chi connectivity index (χ1v) is 8.09. The van der Waals surface area contributed by atoms with E-state index in [0.717, 1.165) is 0 Å². The molecule has 0 saturated heterocycles. The molecule has 1 rings (SSSR count). The van der Waals surface area contributed by atoms with Crippen molar-refractivity contribution in [3.05, 3.63) is 34.6 Å². The molecule has 1 aromatic carbocycles. The summed E-state index contributed by atoms with van der Waals surface area (Å²) in [5.74, 6) is -0.337. The summed E-state index contributed by atoms with van der Waals surface area (Å²) in [6, 6.07) is 4.52. The number of benzene rings is 1. The van der Waals surface area contributed by atoms with Crippen LogP contribution in [0.4, 0.5) is 4.39 Å². The monoisotopic (exact) mass is 293 g/mol. The third-order valence-electron chi connectivity index (χ3n) is 2.60. The average Bonchev–Trinajstić information content (AvgIpc) is 2.23. The molecule has 1 unspecified atom stereocenters. The molecular weight excluding hydrogens is 277 g/mol. The first-order valence-electron chi connectivity index (χ1n) is 5.66. The molecule has 18 heavy (non-hydrogen) atoms. The quantitative estimate of drug-likeness (QED) is 0.874. The van der Waals surface area contributed by atoms with Crippen LogP contribution in [-0.2, 0) is 16.3 Å². The maximum absolute atomic E-state index is 13.6. The van der Waals surface area contributed by atoms with Gasteiger partial charge in [0.05, 0.1) is 5.02 Å². The van der Waals surface area contributed by atoms with Crippen LogP contribution < -0.4 is 5.73 Å². The number of nitrogens with two attached hydrogens (primary N) is 1. The van der Waals surface area contributed by atoms with Crippen molar-refractivity contribution >= 4 is 21.4 Å². The minimum atomic E-state index is -2.96. The van der Waals surface area contributed by atoms with Crippen LogP contribution in [-0.4, -0.2) is 26.5 Å². The molecule has 0 heterocycles. The minimum Gasteiger partial charge on any atom is -0.327 e. The van der Waals surface area contributed by atoms with Gasteiger partial charge in [-0.2, -0.15) is 0 Å². The summed E-state index contributed by atoms with van der Waals surface area (Å²) in [5.41, 5.74) is 6.32. The van der Waals surface area contributed by atoms with E-state index in [1.165, 1.54) is 12.3 Å². The lowest BCUT2D eigenvalue weighted by molar-refractivity contribution is 0.556. The summed E-state index contributed by atoms with van der Waals surface area (Å²) in [7, 11) is -2.96. The van der Waals surface area contributed by atoms with Crippen LogP contribution in [0.5, 0.6) is 0 Å². The molecule has 6 heteroatoms. The van der Waals surface area contributed by atoms with Crippen molar-refractivity contribution in [3.63, 3.8) is 0 Å². The molecule has 0 saturated carbocycles. The third kappa shape index (κ3) is 5.33. The van der Waals surface area contributed by atoms with E-state index in [2.05, 4.69) is 0 Å². The van der Waals surface area contributed by atoms with Crippen LogP contribution in [0.3, 0.4) is 0 Å².